The zero-order valence-electron chi connectivity index (χ0n) is 17.8. The summed E-state index contributed by atoms with van der Waals surface area (Å²) in [6.45, 7) is 7.71. The summed E-state index contributed by atoms with van der Waals surface area (Å²) in [6, 6.07) is 7.60. The van der Waals surface area contributed by atoms with Gasteiger partial charge in [0, 0.05) is 51.4 Å². The van der Waals surface area contributed by atoms with Crippen LogP contribution < -0.4 is 10.6 Å². The third-order valence-electron chi connectivity index (χ3n) is 5.93. The Kier molecular flexibility index (Phi) is 10.1. The van der Waals surface area contributed by atoms with Crippen LogP contribution in [0.4, 0.5) is 4.39 Å². The number of piperidine rings is 1. The maximum atomic E-state index is 14.2. The smallest absolute Gasteiger partial charge is 0.191 e. The van der Waals surface area contributed by atoms with E-state index in [4.69, 9.17) is 9.73 Å². The van der Waals surface area contributed by atoms with Gasteiger partial charge in [-0.3, -0.25) is 4.99 Å². The highest BCUT2D eigenvalue weighted by molar-refractivity contribution is 14.0. The number of likely N-dealkylation sites (tertiary alicyclic amines) is 1. The van der Waals surface area contributed by atoms with E-state index in [1.807, 2.05) is 12.1 Å². The lowest BCUT2D eigenvalue weighted by atomic mass is 9.95. The summed E-state index contributed by atoms with van der Waals surface area (Å²) < 4.78 is 19.4. The van der Waals surface area contributed by atoms with Crippen LogP contribution in [0, 0.1) is 5.82 Å². The van der Waals surface area contributed by atoms with E-state index in [1.54, 1.807) is 19.2 Å². The van der Waals surface area contributed by atoms with Crippen LogP contribution in [0.2, 0.25) is 0 Å². The maximum absolute atomic E-state index is 14.2. The molecular formula is C22H36FIN4O. The molecule has 1 heterocycles. The third-order valence-corrected chi connectivity index (χ3v) is 5.93. The van der Waals surface area contributed by atoms with Crippen LogP contribution in [-0.2, 0) is 10.2 Å². The molecule has 0 spiro atoms. The summed E-state index contributed by atoms with van der Waals surface area (Å²) in [5.74, 6) is 0.761. The molecule has 0 atom stereocenters. The molecule has 0 radical (unpaired) electrons. The zero-order valence-corrected chi connectivity index (χ0v) is 20.1. The number of nitrogens with zero attached hydrogens (tertiary/aromatic N) is 2. The quantitative estimate of drug-likeness (QED) is 0.227. The molecule has 2 fully saturated rings. The highest BCUT2D eigenvalue weighted by Gasteiger charge is 2.45. The van der Waals surface area contributed by atoms with Gasteiger partial charge in [0.05, 0.1) is 6.54 Å². The molecule has 3 rings (SSSR count). The van der Waals surface area contributed by atoms with Crippen LogP contribution in [0.25, 0.3) is 0 Å². The second-order valence-corrected chi connectivity index (χ2v) is 8.06. The second kappa shape index (κ2) is 12.1. The summed E-state index contributed by atoms with van der Waals surface area (Å²) in [7, 11) is 1.76. The molecule has 1 saturated heterocycles. The molecule has 1 aliphatic carbocycles. The van der Waals surface area contributed by atoms with Gasteiger partial charge in [-0.05, 0) is 50.7 Å². The Morgan fingerprint density at radius 3 is 2.62 bits per heavy atom. The van der Waals surface area contributed by atoms with E-state index in [2.05, 4.69) is 22.5 Å². The van der Waals surface area contributed by atoms with Crippen LogP contribution in [-0.4, -0.2) is 63.3 Å². The number of halogens is 2. The first kappa shape index (κ1) is 24.3. The van der Waals surface area contributed by atoms with Crippen molar-refractivity contribution < 1.29 is 9.13 Å². The minimum atomic E-state index is -0.113. The van der Waals surface area contributed by atoms with Crippen molar-refractivity contribution in [1.82, 2.24) is 15.5 Å². The Balaban J connectivity index is 0.00000300. The van der Waals surface area contributed by atoms with Gasteiger partial charge in [-0.2, -0.15) is 0 Å². The van der Waals surface area contributed by atoms with Crippen LogP contribution in [0.1, 0.15) is 44.6 Å². The largest absolute Gasteiger partial charge is 0.385 e. The third kappa shape index (κ3) is 7.07. The van der Waals surface area contributed by atoms with E-state index in [0.29, 0.717) is 12.6 Å². The minimum Gasteiger partial charge on any atom is -0.385 e. The van der Waals surface area contributed by atoms with Crippen molar-refractivity contribution in [1.29, 1.82) is 0 Å². The van der Waals surface area contributed by atoms with Gasteiger partial charge in [0.25, 0.3) is 0 Å². The molecular weight excluding hydrogens is 482 g/mol. The first-order valence-electron chi connectivity index (χ1n) is 10.7. The zero-order chi connectivity index (χ0) is 19.8. The van der Waals surface area contributed by atoms with Crippen molar-refractivity contribution in [2.75, 3.05) is 46.4 Å². The molecule has 2 N–H and O–H groups in total. The summed E-state index contributed by atoms with van der Waals surface area (Å²) in [6.07, 6.45) is 5.36. The molecule has 1 aliphatic heterocycles. The van der Waals surface area contributed by atoms with Crippen LogP contribution in [0.3, 0.4) is 0 Å². The summed E-state index contributed by atoms with van der Waals surface area (Å²) >= 11 is 0. The van der Waals surface area contributed by atoms with Gasteiger partial charge in [-0.15, -0.1) is 24.0 Å². The minimum absolute atomic E-state index is 0. The molecule has 0 unspecified atom stereocenters. The Bertz CT molecular complexity index is 645. The maximum Gasteiger partial charge on any atom is 0.191 e. The first-order chi connectivity index (χ1) is 13.7. The van der Waals surface area contributed by atoms with Gasteiger partial charge < -0.3 is 20.3 Å². The Morgan fingerprint density at radius 1 is 1.28 bits per heavy atom. The first-order valence-corrected chi connectivity index (χ1v) is 10.7. The number of benzene rings is 1. The molecule has 5 nitrogen and oxygen atoms in total. The van der Waals surface area contributed by atoms with Gasteiger partial charge >= 0.3 is 0 Å². The molecule has 29 heavy (non-hydrogen) atoms. The van der Waals surface area contributed by atoms with Crippen LogP contribution in [0.15, 0.2) is 29.3 Å². The molecule has 1 aromatic carbocycles. The topological polar surface area (TPSA) is 48.9 Å². The predicted molar refractivity (Wildman–Crippen MR) is 128 cm³/mol. The fourth-order valence-electron chi connectivity index (χ4n) is 4.03. The lowest BCUT2D eigenvalue weighted by Crippen LogP contribution is -2.49. The number of hydrogen-bond acceptors (Lipinski definition) is 3. The number of ether oxygens (including phenoxy) is 1. The second-order valence-electron chi connectivity index (χ2n) is 8.06. The highest BCUT2D eigenvalue weighted by atomic mass is 127. The van der Waals surface area contributed by atoms with Gasteiger partial charge in [0.2, 0.25) is 0 Å². The number of methoxy groups -OCH3 is 1. The van der Waals surface area contributed by atoms with Gasteiger partial charge in [-0.25, -0.2) is 4.39 Å². The molecule has 1 saturated carbocycles. The van der Waals surface area contributed by atoms with E-state index in [0.717, 1.165) is 76.4 Å². The van der Waals surface area contributed by atoms with E-state index >= 15 is 0 Å². The fraction of sp³-hybridized carbons (Fsp3) is 0.682. The molecule has 0 bridgehead atoms. The van der Waals surface area contributed by atoms with Crippen molar-refractivity contribution in [2.45, 2.75) is 50.5 Å². The van der Waals surface area contributed by atoms with Gasteiger partial charge in [0.1, 0.15) is 5.82 Å². The predicted octanol–water partition coefficient (Wildman–Crippen LogP) is 3.53. The van der Waals surface area contributed by atoms with Crippen LogP contribution in [0.5, 0.6) is 0 Å². The van der Waals surface area contributed by atoms with Crippen molar-refractivity contribution in [3.05, 3.63) is 35.6 Å². The van der Waals surface area contributed by atoms with Crippen LogP contribution >= 0.6 is 24.0 Å². The Labute approximate surface area is 191 Å². The summed E-state index contributed by atoms with van der Waals surface area (Å²) in [5.41, 5.74) is 0.706. The standard InChI is InChI=1S/C22H35FN4O.HI/c1-3-24-21(26-18-9-14-27(15-10-18)13-6-16-28-2)25-17-22(11-12-22)19-7-4-5-8-20(19)23;/h4-5,7-8,18H,3,6,9-17H2,1-2H3,(H2,24,25,26);1H. The highest BCUT2D eigenvalue weighted by Crippen LogP contribution is 2.49. The van der Waals surface area contributed by atoms with Crippen molar-refractivity contribution in [3.63, 3.8) is 0 Å². The van der Waals surface area contributed by atoms with Crippen molar-refractivity contribution in [3.8, 4) is 0 Å². The average molecular weight is 518 g/mol. The van der Waals surface area contributed by atoms with Crippen molar-refractivity contribution >= 4 is 29.9 Å². The molecule has 0 aromatic heterocycles. The molecule has 7 heteroatoms. The molecule has 2 aliphatic rings. The van der Waals surface area contributed by atoms with Crippen molar-refractivity contribution in [2.24, 2.45) is 4.99 Å². The monoisotopic (exact) mass is 518 g/mol. The molecule has 0 amide bonds. The lowest BCUT2D eigenvalue weighted by Gasteiger charge is -2.33. The number of aliphatic imine (C=N–C) groups is 1. The lowest BCUT2D eigenvalue weighted by molar-refractivity contribution is 0.155. The summed E-state index contributed by atoms with van der Waals surface area (Å²) in [5, 5.41) is 6.97. The van der Waals surface area contributed by atoms with E-state index < -0.39 is 0 Å². The summed E-state index contributed by atoms with van der Waals surface area (Å²) in [4.78, 5) is 7.35. The SMILES string of the molecule is CCNC(=NCC1(c2ccccc2F)CC1)NC1CCN(CCCOC)CC1.I. The number of hydrogen-bond donors (Lipinski definition) is 2. The fourth-order valence-corrected chi connectivity index (χ4v) is 4.03. The van der Waals surface area contributed by atoms with E-state index in [1.165, 1.54) is 0 Å². The molecule has 164 valence electrons. The Hall–Kier alpha value is -0.930. The Morgan fingerprint density at radius 2 is 2.00 bits per heavy atom. The number of guanidine groups is 1. The normalized spacial score (nSPS) is 19.5. The van der Waals surface area contributed by atoms with Gasteiger partial charge in [0.15, 0.2) is 5.96 Å². The number of rotatable bonds is 9. The van der Waals surface area contributed by atoms with E-state index in [-0.39, 0.29) is 35.2 Å². The van der Waals surface area contributed by atoms with E-state index in [9.17, 15) is 4.39 Å². The molecule has 1 aromatic rings. The average Bonchev–Trinajstić information content (AvgIpc) is 3.49. The van der Waals surface area contributed by atoms with Gasteiger partial charge in [-0.1, -0.05) is 18.2 Å². The number of nitrogens with one attached hydrogen (secondary N) is 2.